The molecule has 0 amide bonds. The molecule has 0 aromatic carbocycles. The fraction of sp³-hybridized carbons (Fsp3) is 0.500. The first-order valence-electron chi connectivity index (χ1n) is 2.71. The highest BCUT2D eigenvalue weighted by Gasteiger charge is 2.25. The molecule has 0 heterocycles. The number of allylic oxidation sites excluding steroid dienone is 1. The molecule has 0 aliphatic carbocycles. The zero-order valence-electron chi connectivity index (χ0n) is 6.03. The summed E-state index contributed by atoms with van der Waals surface area (Å²) in [6.07, 6.45) is -4.56. The number of hydrogen-bond donors (Lipinski definition) is 0. The zero-order valence-corrected chi connectivity index (χ0v) is 6.03. The topological polar surface area (TPSA) is 26.3 Å². The van der Waals surface area contributed by atoms with Crippen LogP contribution in [0.15, 0.2) is 11.6 Å². The van der Waals surface area contributed by atoms with Gasteiger partial charge < -0.3 is 4.74 Å². The molecule has 64 valence electrons. The second-order valence-electron chi connectivity index (χ2n) is 1.86. The number of methoxy groups -OCH3 is 1. The SMILES string of the molecule is COC(=O)/C(C)=C/C(F)(F)F. The van der Waals surface area contributed by atoms with Crippen LogP contribution < -0.4 is 0 Å². The maximum absolute atomic E-state index is 11.5. The molecular formula is C6H7F3O2. The minimum absolute atomic E-state index is 0.0984. The number of ether oxygens (including phenoxy) is 1. The van der Waals surface area contributed by atoms with Gasteiger partial charge in [-0.3, -0.25) is 0 Å². The Morgan fingerprint density at radius 2 is 1.91 bits per heavy atom. The van der Waals surface area contributed by atoms with E-state index in [1.165, 1.54) is 0 Å². The molecule has 0 aliphatic heterocycles. The second kappa shape index (κ2) is 3.41. The van der Waals surface area contributed by atoms with Crippen molar-refractivity contribution >= 4 is 5.97 Å². The lowest BCUT2D eigenvalue weighted by molar-refractivity contribution is -0.136. The summed E-state index contributed by atoms with van der Waals surface area (Å²) in [7, 11) is 1.02. The van der Waals surface area contributed by atoms with Gasteiger partial charge in [0.2, 0.25) is 0 Å². The van der Waals surface area contributed by atoms with E-state index in [0.717, 1.165) is 14.0 Å². The van der Waals surface area contributed by atoms with Crippen molar-refractivity contribution in [2.75, 3.05) is 7.11 Å². The first kappa shape index (κ1) is 10.0. The lowest BCUT2D eigenvalue weighted by Crippen LogP contribution is -2.08. The molecule has 11 heavy (non-hydrogen) atoms. The predicted octanol–water partition coefficient (Wildman–Crippen LogP) is 1.67. The number of alkyl halides is 3. The fourth-order valence-corrected chi connectivity index (χ4v) is 0.465. The third-order valence-corrected chi connectivity index (χ3v) is 0.888. The molecule has 5 heteroatoms. The van der Waals surface area contributed by atoms with E-state index >= 15 is 0 Å². The maximum atomic E-state index is 11.5. The van der Waals surface area contributed by atoms with Crippen LogP contribution in [0, 0.1) is 0 Å². The van der Waals surface area contributed by atoms with Gasteiger partial charge in [0.05, 0.1) is 7.11 Å². The van der Waals surface area contributed by atoms with Gasteiger partial charge in [-0.15, -0.1) is 0 Å². The molecule has 0 aliphatic rings. The van der Waals surface area contributed by atoms with Gasteiger partial charge in [0.1, 0.15) is 0 Å². The van der Waals surface area contributed by atoms with Crippen LogP contribution in [0.25, 0.3) is 0 Å². The highest BCUT2D eigenvalue weighted by atomic mass is 19.4. The lowest BCUT2D eigenvalue weighted by atomic mass is 10.3. The van der Waals surface area contributed by atoms with E-state index in [1.54, 1.807) is 0 Å². The van der Waals surface area contributed by atoms with Crippen molar-refractivity contribution in [1.82, 2.24) is 0 Å². The van der Waals surface area contributed by atoms with Gasteiger partial charge in [0.15, 0.2) is 0 Å². The summed E-state index contributed by atoms with van der Waals surface area (Å²) >= 11 is 0. The van der Waals surface area contributed by atoms with Gasteiger partial charge in [-0.1, -0.05) is 0 Å². The first-order chi connectivity index (χ1) is 4.87. The van der Waals surface area contributed by atoms with E-state index in [0.29, 0.717) is 0 Å². The predicted molar refractivity (Wildman–Crippen MR) is 31.8 cm³/mol. The molecule has 0 saturated carbocycles. The van der Waals surface area contributed by atoms with Crippen molar-refractivity contribution in [3.05, 3.63) is 11.6 Å². The van der Waals surface area contributed by atoms with E-state index in [9.17, 15) is 18.0 Å². The summed E-state index contributed by atoms with van der Waals surface area (Å²) in [6.45, 7) is 1.04. The molecule has 0 rings (SSSR count). The molecule has 0 saturated heterocycles. The Kier molecular flexibility index (Phi) is 3.10. The third-order valence-electron chi connectivity index (χ3n) is 0.888. The number of carbonyl (C=O) groups excluding carboxylic acids is 1. The lowest BCUT2D eigenvalue weighted by Gasteiger charge is -2.01. The van der Waals surface area contributed by atoms with Crippen molar-refractivity contribution in [3.8, 4) is 0 Å². The summed E-state index contributed by atoms with van der Waals surface area (Å²) < 4.78 is 38.6. The summed E-state index contributed by atoms with van der Waals surface area (Å²) in [4.78, 5) is 10.4. The first-order valence-corrected chi connectivity index (χ1v) is 2.71. The quantitative estimate of drug-likeness (QED) is 0.439. The highest BCUT2D eigenvalue weighted by Crippen LogP contribution is 2.18. The van der Waals surface area contributed by atoms with Gasteiger partial charge in [-0.2, -0.15) is 13.2 Å². The van der Waals surface area contributed by atoms with Crippen molar-refractivity contribution in [1.29, 1.82) is 0 Å². The summed E-state index contributed by atoms with van der Waals surface area (Å²) in [6, 6.07) is 0. The summed E-state index contributed by atoms with van der Waals surface area (Å²) in [5.41, 5.74) is -0.458. The molecule has 0 radical (unpaired) electrons. The Morgan fingerprint density at radius 1 is 1.45 bits per heavy atom. The molecule has 2 nitrogen and oxygen atoms in total. The van der Waals surface area contributed by atoms with Crippen LogP contribution in [-0.4, -0.2) is 19.3 Å². The van der Waals surface area contributed by atoms with Crippen LogP contribution in [0.5, 0.6) is 0 Å². The minimum Gasteiger partial charge on any atom is -0.466 e. The van der Waals surface area contributed by atoms with Gasteiger partial charge in [-0.25, -0.2) is 4.79 Å². The Labute approximate surface area is 61.6 Å². The Balaban J connectivity index is 4.34. The Bertz CT molecular complexity index is 181. The molecule has 0 spiro atoms. The largest absolute Gasteiger partial charge is 0.466 e. The molecule has 0 bridgehead atoms. The Hall–Kier alpha value is -1.00. The minimum atomic E-state index is -4.46. The van der Waals surface area contributed by atoms with E-state index in [-0.39, 0.29) is 6.08 Å². The van der Waals surface area contributed by atoms with Gasteiger partial charge in [-0.05, 0) is 6.92 Å². The summed E-state index contributed by atoms with van der Waals surface area (Å²) in [5.74, 6) is -0.970. The van der Waals surface area contributed by atoms with E-state index in [2.05, 4.69) is 4.74 Å². The number of rotatable bonds is 1. The average Bonchev–Trinajstić information content (AvgIpc) is 1.82. The third kappa shape index (κ3) is 4.41. The van der Waals surface area contributed by atoms with Crippen LogP contribution in [0.1, 0.15) is 6.92 Å². The summed E-state index contributed by atoms with van der Waals surface area (Å²) in [5, 5.41) is 0. The molecule has 0 atom stereocenters. The number of esters is 1. The molecular weight excluding hydrogens is 161 g/mol. The number of hydrogen-bond acceptors (Lipinski definition) is 2. The van der Waals surface area contributed by atoms with Crippen molar-refractivity contribution in [2.24, 2.45) is 0 Å². The van der Waals surface area contributed by atoms with Crippen LogP contribution >= 0.6 is 0 Å². The van der Waals surface area contributed by atoms with E-state index < -0.39 is 17.7 Å². The van der Waals surface area contributed by atoms with Gasteiger partial charge >= 0.3 is 12.1 Å². The maximum Gasteiger partial charge on any atom is 0.410 e. The smallest absolute Gasteiger partial charge is 0.410 e. The van der Waals surface area contributed by atoms with Crippen LogP contribution in [0.2, 0.25) is 0 Å². The number of halogens is 3. The molecule has 0 aromatic heterocycles. The highest BCUT2D eigenvalue weighted by molar-refractivity contribution is 5.87. The Morgan fingerprint density at radius 3 is 2.18 bits per heavy atom. The molecule has 0 fully saturated rings. The normalized spacial score (nSPS) is 13.0. The molecule has 0 N–H and O–H groups in total. The fourth-order valence-electron chi connectivity index (χ4n) is 0.465. The van der Waals surface area contributed by atoms with Gasteiger partial charge in [0.25, 0.3) is 0 Å². The van der Waals surface area contributed by atoms with Crippen LogP contribution in [-0.2, 0) is 9.53 Å². The van der Waals surface area contributed by atoms with Crippen molar-refractivity contribution in [3.63, 3.8) is 0 Å². The molecule has 0 unspecified atom stereocenters. The van der Waals surface area contributed by atoms with Gasteiger partial charge in [0, 0.05) is 11.6 Å². The second-order valence-corrected chi connectivity index (χ2v) is 1.86. The van der Waals surface area contributed by atoms with E-state index in [4.69, 9.17) is 0 Å². The monoisotopic (exact) mass is 168 g/mol. The number of carbonyl (C=O) groups is 1. The van der Waals surface area contributed by atoms with Crippen LogP contribution in [0.3, 0.4) is 0 Å². The van der Waals surface area contributed by atoms with Crippen molar-refractivity contribution in [2.45, 2.75) is 13.1 Å². The van der Waals surface area contributed by atoms with E-state index in [1.807, 2.05) is 0 Å². The molecule has 0 aromatic rings. The van der Waals surface area contributed by atoms with Crippen molar-refractivity contribution < 1.29 is 22.7 Å². The standard InChI is InChI=1S/C6H7F3O2/c1-4(5(10)11-2)3-6(7,8)9/h3H,1-2H3/b4-3+. The zero-order chi connectivity index (χ0) is 9.07. The van der Waals surface area contributed by atoms with Crippen LogP contribution in [0.4, 0.5) is 13.2 Å². The average molecular weight is 168 g/mol.